The summed E-state index contributed by atoms with van der Waals surface area (Å²) in [6.45, 7) is 11.1. The van der Waals surface area contributed by atoms with E-state index < -0.39 is 0 Å². The fourth-order valence-corrected chi connectivity index (χ4v) is 2.45. The van der Waals surface area contributed by atoms with Crippen molar-refractivity contribution in [2.24, 2.45) is 0 Å². The smallest absolute Gasteiger partial charge is 0.338 e. The van der Waals surface area contributed by atoms with E-state index in [9.17, 15) is 4.79 Å². The lowest BCUT2D eigenvalue weighted by Crippen LogP contribution is -2.06. The molecule has 0 heterocycles. The molecule has 0 fully saturated rings. The maximum absolute atomic E-state index is 11.9. The Bertz CT molecular complexity index is 696. The van der Waals surface area contributed by atoms with Gasteiger partial charge in [0.15, 0.2) is 0 Å². The van der Waals surface area contributed by atoms with Crippen molar-refractivity contribution in [1.29, 1.82) is 0 Å². The zero-order valence-electron chi connectivity index (χ0n) is 17.5. The average Bonchev–Trinajstić information content (AvgIpc) is 2.62. The molecule has 0 N–H and O–H groups in total. The number of unbranched alkanes of at least 4 members (excludes halogenated alkanes) is 1. The molecule has 0 saturated heterocycles. The van der Waals surface area contributed by atoms with E-state index in [1.54, 1.807) is 0 Å². The van der Waals surface area contributed by atoms with Gasteiger partial charge in [0, 0.05) is 0 Å². The predicted octanol–water partition coefficient (Wildman–Crippen LogP) is 7.30. The second-order valence-corrected chi connectivity index (χ2v) is 7.19. The average molecular weight is 367 g/mol. The highest BCUT2D eigenvalue weighted by atomic mass is 16.5. The van der Waals surface area contributed by atoms with Gasteiger partial charge in [-0.2, -0.15) is 0 Å². The first-order valence-corrected chi connectivity index (χ1v) is 9.85. The summed E-state index contributed by atoms with van der Waals surface area (Å²) >= 11 is 0. The van der Waals surface area contributed by atoms with Gasteiger partial charge in [-0.25, -0.2) is 4.79 Å². The van der Waals surface area contributed by atoms with E-state index in [1.165, 1.54) is 16.7 Å². The van der Waals surface area contributed by atoms with Crippen LogP contribution in [0.15, 0.2) is 65.3 Å². The summed E-state index contributed by atoms with van der Waals surface area (Å²) in [5.41, 5.74) is 5.60. The van der Waals surface area contributed by atoms with Crippen LogP contribution in [-0.2, 0) is 4.74 Å². The molecule has 0 atom stereocenters. The molecule has 0 aromatic heterocycles. The largest absolute Gasteiger partial charge is 0.462 e. The van der Waals surface area contributed by atoms with Gasteiger partial charge in [-0.3, -0.25) is 0 Å². The summed E-state index contributed by atoms with van der Waals surface area (Å²) in [7, 11) is 0. The highest BCUT2D eigenvalue weighted by Crippen LogP contribution is 2.12. The number of allylic oxidation sites excluding steroid dienone is 7. The summed E-state index contributed by atoms with van der Waals surface area (Å²) in [5, 5.41) is 0. The van der Waals surface area contributed by atoms with Crippen LogP contribution in [0.3, 0.4) is 0 Å². The molecule has 0 aliphatic carbocycles. The van der Waals surface area contributed by atoms with Gasteiger partial charge in [0.25, 0.3) is 0 Å². The molecule has 1 aromatic carbocycles. The predicted molar refractivity (Wildman–Crippen MR) is 117 cm³/mol. The van der Waals surface area contributed by atoms with Crippen molar-refractivity contribution in [3.05, 3.63) is 76.4 Å². The zero-order chi connectivity index (χ0) is 20.1. The quantitative estimate of drug-likeness (QED) is 0.188. The second kappa shape index (κ2) is 12.9. The topological polar surface area (TPSA) is 26.3 Å². The van der Waals surface area contributed by atoms with E-state index in [0.717, 1.165) is 31.2 Å². The van der Waals surface area contributed by atoms with Crippen molar-refractivity contribution < 1.29 is 9.53 Å². The highest BCUT2D eigenvalue weighted by molar-refractivity contribution is 5.89. The minimum absolute atomic E-state index is 0.246. The Balaban J connectivity index is 2.58. The Hall–Kier alpha value is -2.35. The number of benzene rings is 1. The SMILES string of the molecule is CCCCOC(=O)c1ccc(/C=C(C)/C=C/C=C(\C)CCC=C(C)C)cc1. The van der Waals surface area contributed by atoms with Crippen LogP contribution in [0.4, 0.5) is 0 Å². The van der Waals surface area contributed by atoms with Crippen molar-refractivity contribution in [2.75, 3.05) is 6.61 Å². The normalized spacial score (nSPS) is 12.3. The highest BCUT2D eigenvalue weighted by Gasteiger charge is 2.05. The lowest BCUT2D eigenvalue weighted by Gasteiger charge is -2.04. The lowest BCUT2D eigenvalue weighted by atomic mass is 10.1. The monoisotopic (exact) mass is 366 g/mol. The fraction of sp³-hybridized carbons (Fsp3) is 0.400. The minimum atomic E-state index is -0.246. The molecule has 0 radical (unpaired) electrons. The molecule has 0 unspecified atom stereocenters. The number of hydrogen-bond acceptors (Lipinski definition) is 2. The van der Waals surface area contributed by atoms with Crippen molar-refractivity contribution in [1.82, 2.24) is 0 Å². The number of esters is 1. The Labute approximate surface area is 165 Å². The van der Waals surface area contributed by atoms with Gasteiger partial charge in [0.2, 0.25) is 0 Å². The van der Waals surface area contributed by atoms with Crippen LogP contribution in [0.2, 0.25) is 0 Å². The van der Waals surface area contributed by atoms with Gasteiger partial charge in [0.1, 0.15) is 0 Å². The summed E-state index contributed by atoms with van der Waals surface area (Å²) in [4.78, 5) is 11.9. The van der Waals surface area contributed by atoms with Gasteiger partial charge in [-0.15, -0.1) is 0 Å². The van der Waals surface area contributed by atoms with Gasteiger partial charge in [0.05, 0.1) is 12.2 Å². The van der Waals surface area contributed by atoms with Crippen molar-refractivity contribution in [3.63, 3.8) is 0 Å². The Morgan fingerprint density at radius 2 is 1.78 bits per heavy atom. The molecule has 27 heavy (non-hydrogen) atoms. The molecule has 0 spiro atoms. The molecule has 0 aliphatic heterocycles. The van der Waals surface area contributed by atoms with Gasteiger partial charge >= 0.3 is 5.97 Å². The number of hydrogen-bond donors (Lipinski definition) is 0. The number of rotatable bonds is 10. The second-order valence-electron chi connectivity index (χ2n) is 7.19. The van der Waals surface area contributed by atoms with Crippen molar-refractivity contribution >= 4 is 12.0 Å². The third-order valence-electron chi connectivity index (χ3n) is 4.10. The number of carbonyl (C=O) groups excluding carboxylic acids is 1. The van der Waals surface area contributed by atoms with Crippen LogP contribution in [-0.4, -0.2) is 12.6 Å². The maximum atomic E-state index is 11.9. The van der Waals surface area contributed by atoms with E-state index in [2.05, 4.69) is 65.0 Å². The van der Waals surface area contributed by atoms with Gasteiger partial charge in [-0.1, -0.05) is 72.6 Å². The molecule has 2 heteroatoms. The van der Waals surface area contributed by atoms with E-state index in [1.807, 2.05) is 24.3 Å². The fourth-order valence-electron chi connectivity index (χ4n) is 2.45. The molecule has 1 aromatic rings. The summed E-state index contributed by atoms with van der Waals surface area (Å²) in [5.74, 6) is -0.246. The molecule has 0 amide bonds. The van der Waals surface area contributed by atoms with Gasteiger partial charge < -0.3 is 4.74 Å². The first-order chi connectivity index (χ1) is 12.9. The van der Waals surface area contributed by atoms with Crippen LogP contribution in [0.1, 0.15) is 76.2 Å². The van der Waals surface area contributed by atoms with E-state index in [4.69, 9.17) is 4.74 Å². The molecule has 0 aliphatic rings. The first kappa shape index (κ1) is 22.7. The Kier molecular flexibility index (Phi) is 10.9. The molecule has 146 valence electrons. The van der Waals surface area contributed by atoms with Crippen molar-refractivity contribution in [3.8, 4) is 0 Å². The molecular formula is C25H34O2. The van der Waals surface area contributed by atoms with Gasteiger partial charge in [-0.05, 0) is 64.7 Å². The molecule has 1 rings (SSSR count). The third kappa shape index (κ3) is 10.4. The number of ether oxygens (including phenoxy) is 1. The Morgan fingerprint density at radius 3 is 2.41 bits per heavy atom. The zero-order valence-corrected chi connectivity index (χ0v) is 17.5. The summed E-state index contributed by atoms with van der Waals surface area (Å²) in [6, 6.07) is 7.55. The van der Waals surface area contributed by atoms with Crippen LogP contribution < -0.4 is 0 Å². The lowest BCUT2D eigenvalue weighted by molar-refractivity contribution is 0.0500. The summed E-state index contributed by atoms with van der Waals surface area (Å²) < 4.78 is 5.23. The maximum Gasteiger partial charge on any atom is 0.338 e. The van der Waals surface area contributed by atoms with E-state index >= 15 is 0 Å². The van der Waals surface area contributed by atoms with Crippen LogP contribution >= 0.6 is 0 Å². The van der Waals surface area contributed by atoms with Crippen molar-refractivity contribution in [2.45, 2.75) is 60.3 Å². The van der Waals surface area contributed by atoms with Crippen LogP contribution in [0.25, 0.3) is 6.08 Å². The van der Waals surface area contributed by atoms with Crippen LogP contribution in [0.5, 0.6) is 0 Å². The molecule has 0 saturated carbocycles. The molecule has 0 bridgehead atoms. The third-order valence-corrected chi connectivity index (χ3v) is 4.10. The standard InChI is InChI=1S/C25H34O2/c1-6-7-18-27-25(26)24-16-14-23(15-17-24)19-22(5)13-9-12-21(4)11-8-10-20(2)3/h9-10,12-17,19H,6-8,11,18H2,1-5H3/b13-9+,21-12+,22-19+. The molecular weight excluding hydrogens is 332 g/mol. The van der Waals surface area contributed by atoms with Crippen LogP contribution in [0, 0.1) is 0 Å². The molecule has 2 nitrogen and oxygen atoms in total. The summed E-state index contributed by atoms with van der Waals surface area (Å²) in [6.07, 6.45) is 14.9. The first-order valence-electron chi connectivity index (χ1n) is 9.85. The Morgan fingerprint density at radius 1 is 1.07 bits per heavy atom. The van der Waals surface area contributed by atoms with E-state index in [0.29, 0.717) is 12.2 Å². The number of carbonyl (C=O) groups is 1. The minimum Gasteiger partial charge on any atom is -0.462 e. The van der Waals surface area contributed by atoms with E-state index in [-0.39, 0.29) is 5.97 Å².